The Hall–Kier alpha value is -2.29. The summed E-state index contributed by atoms with van der Waals surface area (Å²) < 4.78 is 0. The second kappa shape index (κ2) is 6.68. The molecule has 126 valence electrons. The number of anilines is 1. The van der Waals surface area contributed by atoms with Crippen molar-refractivity contribution in [1.29, 1.82) is 0 Å². The van der Waals surface area contributed by atoms with Crippen molar-refractivity contribution in [2.75, 3.05) is 18.4 Å². The smallest absolute Gasteiger partial charge is 0.321 e. The van der Waals surface area contributed by atoms with Crippen LogP contribution in [0.3, 0.4) is 0 Å². The number of carbonyl (C=O) groups excluding carboxylic acids is 1. The average molecular weight is 322 g/mol. The maximum atomic E-state index is 12.5. The molecule has 0 bridgehead atoms. The van der Waals surface area contributed by atoms with Crippen LogP contribution < -0.4 is 5.32 Å². The molecule has 0 spiro atoms. The van der Waals surface area contributed by atoms with E-state index in [-0.39, 0.29) is 11.4 Å². The number of rotatable bonds is 2. The Balaban J connectivity index is 1.60. The first-order chi connectivity index (χ1) is 11.4. The molecule has 1 fully saturated rings. The maximum Gasteiger partial charge on any atom is 0.321 e. The SMILES string of the molecule is CC(C)(C)c1ccc(NC(=O)N2CCC(c3ccccc3)C2)cc1. The summed E-state index contributed by atoms with van der Waals surface area (Å²) in [7, 11) is 0. The molecule has 24 heavy (non-hydrogen) atoms. The van der Waals surface area contributed by atoms with Crippen molar-refractivity contribution in [3.05, 3.63) is 65.7 Å². The molecule has 1 unspecified atom stereocenters. The molecule has 1 heterocycles. The molecule has 0 radical (unpaired) electrons. The lowest BCUT2D eigenvalue weighted by Crippen LogP contribution is -2.32. The number of likely N-dealkylation sites (tertiary alicyclic amines) is 1. The number of benzene rings is 2. The molecule has 3 rings (SSSR count). The Bertz CT molecular complexity index is 686. The topological polar surface area (TPSA) is 32.3 Å². The number of urea groups is 1. The standard InChI is InChI=1S/C21H26N2O/c1-21(2,3)18-9-11-19(12-10-18)22-20(24)23-14-13-17(15-23)16-7-5-4-6-8-16/h4-12,17H,13-15H2,1-3H3,(H,22,24). The third-order valence-corrected chi connectivity index (χ3v) is 4.75. The molecule has 1 aliphatic heterocycles. The van der Waals surface area contributed by atoms with Gasteiger partial charge in [-0.25, -0.2) is 4.79 Å². The normalized spacial score (nSPS) is 17.8. The zero-order valence-corrected chi connectivity index (χ0v) is 14.8. The second-order valence-electron chi connectivity index (χ2n) is 7.60. The van der Waals surface area contributed by atoms with Gasteiger partial charge in [-0.2, -0.15) is 0 Å². The van der Waals surface area contributed by atoms with E-state index in [1.165, 1.54) is 11.1 Å². The lowest BCUT2D eigenvalue weighted by atomic mass is 9.87. The average Bonchev–Trinajstić information content (AvgIpc) is 3.05. The van der Waals surface area contributed by atoms with Crippen molar-refractivity contribution >= 4 is 11.7 Å². The van der Waals surface area contributed by atoms with Crippen molar-refractivity contribution in [3.63, 3.8) is 0 Å². The second-order valence-corrected chi connectivity index (χ2v) is 7.60. The minimum Gasteiger partial charge on any atom is -0.324 e. The van der Waals surface area contributed by atoms with Crippen molar-refractivity contribution in [3.8, 4) is 0 Å². The number of amides is 2. The van der Waals surface area contributed by atoms with E-state index in [0.717, 1.165) is 25.2 Å². The summed E-state index contributed by atoms with van der Waals surface area (Å²) in [5, 5.41) is 3.02. The first kappa shape index (κ1) is 16.6. The molecular formula is C21H26N2O. The molecule has 1 N–H and O–H groups in total. The molecule has 0 aromatic heterocycles. The minimum absolute atomic E-state index is 0.00283. The van der Waals surface area contributed by atoms with E-state index in [4.69, 9.17) is 0 Å². The van der Waals surface area contributed by atoms with E-state index < -0.39 is 0 Å². The van der Waals surface area contributed by atoms with E-state index >= 15 is 0 Å². The quantitative estimate of drug-likeness (QED) is 0.828. The number of nitrogens with one attached hydrogen (secondary N) is 1. The molecule has 1 aliphatic rings. The number of carbonyl (C=O) groups is 1. The number of hydrogen-bond acceptors (Lipinski definition) is 1. The van der Waals surface area contributed by atoms with Crippen LogP contribution in [0.5, 0.6) is 0 Å². The van der Waals surface area contributed by atoms with Crippen LogP contribution in [0.1, 0.15) is 44.2 Å². The van der Waals surface area contributed by atoms with Gasteiger partial charge in [-0.05, 0) is 35.1 Å². The summed E-state index contributed by atoms with van der Waals surface area (Å²) in [5.41, 5.74) is 3.57. The van der Waals surface area contributed by atoms with Gasteiger partial charge in [0.05, 0.1) is 0 Å². The predicted octanol–water partition coefficient (Wildman–Crippen LogP) is 5.01. The van der Waals surface area contributed by atoms with Crippen molar-refractivity contribution in [2.24, 2.45) is 0 Å². The highest BCUT2D eigenvalue weighted by Crippen LogP contribution is 2.28. The summed E-state index contributed by atoms with van der Waals surface area (Å²) in [6.07, 6.45) is 1.03. The van der Waals surface area contributed by atoms with Crippen molar-refractivity contribution < 1.29 is 4.79 Å². The van der Waals surface area contributed by atoms with Crippen LogP contribution in [0.2, 0.25) is 0 Å². The van der Waals surface area contributed by atoms with Crippen LogP contribution in [0.15, 0.2) is 54.6 Å². The van der Waals surface area contributed by atoms with Crippen LogP contribution >= 0.6 is 0 Å². The van der Waals surface area contributed by atoms with Gasteiger partial charge < -0.3 is 10.2 Å². The molecule has 1 saturated heterocycles. The van der Waals surface area contributed by atoms with Gasteiger partial charge in [-0.15, -0.1) is 0 Å². The summed E-state index contributed by atoms with van der Waals surface area (Å²) >= 11 is 0. The molecule has 2 amide bonds. The Kier molecular flexibility index (Phi) is 4.61. The van der Waals surface area contributed by atoms with Crippen LogP contribution in [-0.2, 0) is 5.41 Å². The van der Waals surface area contributed by atoms with Gasteiger partial charge in [-0.3, -0.25) is 0 Å². The van der Waals surface area contributed by atoms with Crippen LogP contribution in [-0.4, -0.2) is 24.0 Å². The minimum atomic E-state index is -0.00283. The molecule has 1 atom stereocenters. The third kappa shape index (κ3) is 3.78. The fourth-order valence-corrected chi connectivity index (χ4v) is 3.20. The van der Waals surface area contributed by atoms with E-state index in [1.807, 2.05) is 23.1 Å². The number of nitrogens with zero attached hydrogens (tertiary/aromatic N) is 1. The van der Waals surface area contributed by atoms with Crippen molar-refractivity contribution in [1.82, 2.24) is 4.90 Å². The Morgan fingerprint density at radius 1 is 1.04 bits per heavy atom. The fourth-order valence-electron chi connectivity index (χ4n) is 3.20. The molecular weight excluding hydrogens is 296 g/mol. The molecule has 3 nitrogen and oxygen atoms in total. The Morgan fingerprint density at radius 2 is 1.71 bits per heavy atom. The summed E-state index contributed by atoms with van der Waals surface area (Å²) in [6, 6.07) is 18.6. The maximum absolute atomic E-state index is 12.5. The highest BCUT2D eigenvalue weighted by atomic mass is 16.2. The third-order valence-electron chi connectivity index (χ3n) is 4.75. The largest absolute Gasteiger partial charge is 0.324 e. The van der Waals surface area contributed by atoms with Gasteiger partial charge in [0.25, 0.3) is 0 Å². The molecule has 0 aliphatic carbocycles. The van der Waals surface area contributed by atoms with E-state index in [1.54, 1.807) is 0 Å². The van der Waals surface area contributed by atoms with Gasteiger partial charge >= 0.3 is 6.03 Å². The van der Waals surface area contributed by atoms with Crippen LogP contribution in [0, 0.1) is 0 Å². The van der Waals surface area contributed by atoms with Crippen LogP contribution in [0.25, 0.3) is 0 Å². The predicted molar refractivity (Wildman–Crippen MR) is 99.5 cm³/mol. The fraction of sp³-hybridized carbons (Fsp3) is 0.381. The monoisotopic (exact) mass is 322 g/mol. The van der Waals surface area contributed by atoms with Gasteiger partial charge in [0, 0.05) is 24.7 Å². The molecule has 2 aromatic rings. The van der Waals surface area contributed by atoms with Gasteiger partial charge in [0.1, 0.15) is 0 Å². The summed E-state index contributed by atoms with van der Waals surface area (Å²) in [5.74, 6) is 0.445. The van der Waals surface area contributed by atoms with E-state index in [2.05, 4.69) is 62.5 Å². The number of hydrogen-bond donors (Lipinski definition) is 1. The van der Waals surface area contributed by atoms with Crippen molar-refractivity contribution in [2.45, 2.75) is 38.5 Å². The summed E-state index contributed by atoms with van der Waals surface area (Å²) in [4.78, 5) is 14.4. The molecule has 2 aromatic carbocycles. The van der Waals surface area contributed by atoms with E-state index in [0.29, 0.717) is 5.92 Å². The van der Waals surface area contributed by atoms with Crippen LogP contribution in [0.4, 0.5) is 10.5 Å². The first-order valence-corrected chi connectivity index (χ1v) is 8.65. The summed E-state index contributed by atoms with van der Waals surface area (Å²) in [6.45, 7) is 8.17. The zero-order valence-electron chi connectivity index (χ0n) is 14.8. The van der Waals surface area contributed by atoms with Gasteiger partial charge in [0.15, 0.2) is 0 Å². The zero-order chi connectivity index (χ0) is 17.2. The lowest BCUT2D eigenvalue weighted by Gasteiger charge is -2.20. The molecule has 0 saturated carbocycles. The van der Waals surface area contributed by atoms with Gasteiger partial charge in [0.2, 0.25) is 0 Å². The van der Waals surface area contributed by atoms with E-state index in [9.17, 15) is 4.79 Å². The highest BCUT2D eigenvalue weighted by Gasteiger charge is 2.27. The Morgan fingerprint density at radius 3 is 2.33 bits per heavy atom. The first-order valence-electron chi connectivity index (χ1n) is 8.65. The Labute approximate surface area is 144 Å². The lowest BCUT2D eigenvalue weighted by molar-refractivity contribution is 0.222. The molecule has 3 heteroatoms. The van der Waals surface area contributed by atoms with Gasteiger partial charge in [-0.1, -0.05) is 63.2 Å². The highest BCUT2D eigenvalue weighted by molar-refractivity contribution is 5.89.